The van der Waals surface area contributed by atoms with Gasteiger partial charge in [0.15, 0.2) is 0 Å². The van der Waals surface area contributed by atoms with Crippen molar-refractivity contribution < 1.29 is 9.90 Å². The third kappa shape index (κ3) is 2.64. The van der Waals surface area contributed by atoms with Crippen LogP contribution >= 0.6 is 12.4 Å². The van der Waals surface area contributed by atoms with Gasteiger partial charge in [0, 0.05) is 6.04 Å². The Bertz CT molecular complexity index is 223. The molecule has 88 valence electrons. The van der Waals surface area contributed by atoms with Crippen molar-refractivity contribution in [1.29, 1.82) is 0 Å². The van der Waals surface area contributed by atoms with E-state index < -0.39 is 11.5 Å². The van der Waals surface area contributed by atoms with E-state index >= 15 is 0 Å². The SMILES string of the molecule is Cl.O=C(O)C1(NC2CCCCC2)CCC1. The van der Waals surface area contributed by atoms with Gasteiger partial charge in [0.05, 0.1) is 0 Å². The van der Waals surface area contributed by atoms with Gasteiger partial charge in [-0.3, -0.25) is 10.1 Å². The van der Waals surface area contributed by atoms with Crippen LogP contribution in [0.1, 0.15) is 51.4 Å². The van der Waals surface area contributed by atoms with Crippen LogP contribution in [0.2, 0.25) is 0 Å². The van der Waals surface area contributed by atoms with Crippen LogP contribution in [0.3, 0.4) is 0 Å². The second kappa shape index (κ2) is 5.17. The first kappa shape index (κ1) is 12.8. The zero-order valence-electron chi connectivity index (χ0n) is 9.00. The molecule has 0 aromatic heterocycles. The molecule has 2 saturated carbocycles. The molecule has 15 heavy (non-hydrogen) atoms. The summed E-state index contributed by atoms with van der Waals surface area (Å²) in [6.07, 6.45) is 8.85. The number of carboxylic acids is 1. The van der Waals surface area contributed by atoms with Crippen LogP contribution < -0.4 is 5.32 Å². The van der Waals surface area contributed by atoms with E-state index in [2.05, 4.69) is 5.32 Å². The van der Waals surface area contributed by atoms with E-state index in [1.54, 1.807) is 0 Å². The Morgan fingerprint density at radius 3 is 2.13 bits per heavy atom. The molecule has 0 amide bonds. The topological polar surface area (TPSA) is 49.3 Å². The van der Waals surface area contributed by atoms with Crippen LogP contribution in [-0.2, 0) is 4.79 Å². The second-order valence-corrected chi connectivity index (χ2v) is 4.72. The summed E-state index contributed by atoms with van der Waals surface area (Å²) in [6, 6.07) is 0.458. The number of nitrogens with one attached hydrogen (secondary N) is 1. The first-order chi connectivity index (χ1) is 6.73. The lowest BCUT2D eigenvalue weighted by molar-refractivity contribution is -0.149. The average Bonchev–Trinajstić information content (AvgIpc) is 2.12. The van der Waals surface area contributed by atoms with E-state index in [0.29, 0.717) is 6.04 Å². The van der Waals surface area contributed by atoms with Crippen molar-refractivity contribution in [3.63, 3.8) is 0 Å². The highest BCUT2D eigenvalue weighted by molar-refractivity contribution is 5.85. The molecule has 0 aromatic carbocycles. The summed E-state index contributed by atoms with van der Waals surface area (Å²) in [7, 11) is 0. The van der Waals surface area contributed by atoms with Crippen molar-refractivity contribution in [2.24, 2.45) is 0 Å². The molecular formula is C11H20ClNO2. The van der Waals surface area contributed by atoms with Crippen molar-refractivity contribution in [2.75, 3.05) is 0 Å². The van der Waals surface area contributed by atoms with Gasteiger partial charge in [0.2, 0.25) is 0 Å². The van der Waals surface area contributed by atoms with Gasteiger partial charge < -0.3 is 5.11 Å². The van der Waals surface area contributed by atoms with Crippen molar-refractivity contribution in [1.82, 2.24) is 5.32 Å². The van der Waals surface area contributed by atoms with Crippen molar-refractivity contribution in [3.05, 3.63) is 0 Å². The first-order valence-electron chi connectivity index (χ1n) is 5.74. The highest BCUT2D eigenvalue weighted by Gasteiger charge is 2.45. The molecule has 0 spiro atoms. The Hall–Kier alpha value is -0.280. The van der Waals surface area contributed by atoms with E-state index in [0.717, 1.165) is 32.1 Å². The molecule has 0 atom stereocenters. The van der Waals surface area contributed by atoms with Gasteiger partial charge >= 0.3 is 5.97 Å². The molecule has 2 N–H and O–H groups in total. The predicted octanol–water partition coefficient (Wildman–Crippen LogP) is 2.34. The minimum absolute atomic E-state index is 0. The Balaban J connectivity index is 0.00000112. The Kier molecular flexibility index (Phi) is 4.41. The van der Waals surface area contributed by atoms with Gasteiger partial charge in [0.1, 0.15) is 5.54 Å². The normalized spacial score (nSPS) is 25.1. The Morgan fingerprint density at radius 2 is 1.73 bits per heavy atom. The molecular weight excluding hydrogens is 214 g/mol. The third-order valence-electron chi connectivity index (χ3n) is 3.70. The molecule has 0 heterocycles. The molecule has 4 heteroatoms. The molecule has 0 radical (unpaired) electrons. The van der Waals surface area contributed by atoms with Gasteiger partial charge in [-0.1, -0.05) is 19.3 Å². The van der Waals surface area contributed by atoms with E-state index in [1.165, 1.54) is 19.3 Å². The number of carboxylic acid groups (broad SMARTS) is 1. The zero-order valence-corrected chi connectivity index (χ0v) is 9.81. The van der Waals surface area contributed by atoms with Gasteiger partial charge in [-0.15, -0.1) is 12.4 Å². The maximum atomic E-state index is 11.1. The number of hydrogen-bond acceptors (Lipinski definition) is 2. The summed E-state index contributed by atoms with van der Waals surface area (Å²) in [5, 5.41) is 12.5. The van der Waals surface area contributed by atoms with E-state index in [4.69, 9.17) is 5.11 Å². The van der Waals surface area contributed by atoms with Crippen LogP contribution in [0.25, 0.3) is 0 Å². The molecule has 0 bridgehead atoms. The molecule has 3 nitrogen and oxygen atoms in total. The third-order valence-corrected chi connectivity index (χ3v) is 3.70. The monoisotopic (exact) mass is 233 g/mol. The summed E-state index contributed by atoms with van der Waals surface area (Å²) in [5.74, 6) is -0.644. The summed E-state index contributed by atoms with van der Waals surface area (Å²) < 4.78 is 0. The summed E-state index contributed by atoms with van der Waals surface area (Å²) >= 11 is 0. The molecule has 0 saturated heterocycles. The standard InChI is InChI=1S/C11H19NO2.ClH/c13-10(14)11(7-4-8-11)12-9-5-2-1-3-6-9;/h9,12H,1-8H2,(H,13,14);1H. The number of rotatable bonds is 3. The fraction of sp³-hybridized carbons (Fsp3) is 0.909. The first-order valence-corrected chi connectivity index (χ1v) is 5.74. The van der Waals surface area contributed by atoms with Gasteiger partial charge in [0.25, 0.3) is 0 Å². The van der Waals surface area contributed by atoms with E-state index in [-0.39, 0.29) is 12.4 Å². The van der Waals surface area contributed by atoms with Crippen LogP contribution in [0.4, 0.5) is 0 Å². The second-order valence-electron chi connectivity index (χ2n) is 4.72. The quantitative estimate of drug-likeness (QED) is 0.787. The summed E-state index contributed by atoms with van der Waals surface area (Å²) in [5.41, 5.74) is -0.554. The van der Waals surface area contributed by atoms with Gasteiger partial charge in [-0.05, 0) is 32.1 Å². The smallest absolute Gasteiger partial charge is 0.323 e. The number of halogens is 1. The minimum Gasteiger partial charge on any atom is -0.480 e. The molecule has 2 rings (SSSR count). The lowest BCUT2D eigenvalue weighted by atomic mass is 9.75. The van der Waals surface area contributed by atoms with Crippen molar-refractivity contribution in [2.45, 2.75) is 62.9 Å². The summed E-state index contributed by atoms with van der Waals surface area (Å²) in [4.78, 5) is 11.1. The highest BCUT2D eigenvalue weighted by Crippen LogP contribution is 2.34. The predicted molar refractivity (Wildman–Crippen MR) is 61.5 cm³/mol. The Morgan fingerprint density at radius 1 is 1.13 bits per heavy atom. The molecule has 0 unspecified atom stereocenters. The molecule has 2 aliphatic carbocycles. The molecule has 0 aliphatic heterocycles. The summed E-state index contributed by atoms with van der Waals surface area (Å²) in [6.45, 7) is 0. The van der Waals surface area contributed by atoms with E-state index in [9.17, 15) is 4.79 Å². The fourth-order valence-electron chi connectivity index (χ4n) is 2.59. The largest absolute Gasteiger partial charge is 0.480 e. The molecule has 0 aromatic rings. The molecule has 2 fully saturated rings. The fourth-order valence-corrected chi connectivity index (χ4v) is 2.59. The van der Waals surface area contributed by atoms with Crippen LogP contribution in [0, 0.1) is 0 Å². The molecule has 2 aliphatic rings. The number of hydrogen-bond donors (Lipinski definition) is 2. The van der Waals surface area contributed by atoms with Crippen LogP contribution in [0.15, 0.2) is 0 Å². The van der Waals surface area contributed by atoms with Crippen LogP contribution in [0.5, 0.6) is 0 Å². The lowest BCUT2D eigenvalue weighted by Gasteiger charge is -2.42. The average molecular weight is 234 g/mol. The Labute approximate surface area is 97.0 Å². The van der Waals surface area contributed by atoms with Crippen LogP contribution in [-0.4, -0.2) is 22.7 Å². The van der Waals surface area contributed by atoms with Gasteiger partial charge in [-0.25, -0.2) is 0 Å². The minimum atomic E-state index is -0.644. The highest BCUT2D eigenvalue weighted by atomic mass is 35.5. The van der Waals surface area contributed by atoms with Crippen molar-refractivity contribution >= 4 is 18.4 Å². The van der Waals surface area contributed by atoms with E-state index in [1.807, 2.05) is 0 Å². The lowest BCUT2D eigenvalue weighted by Crippen LogP contribution is -2.60. The number of aliphatic carboxylic acids is 1. The maximum Gasteiger partial charge on any atom is 0.323 e. The zero-order chi connectivity index (χ0) is 10.0. The number of carbonyl (C=O) groups is 1. The maximum absolute atomic E-state index is 11.1. The van der Waals surface area contributed by atoms with Crippen molar-refractivity contribution in [3.8, 4) is 0 Å². The van der Waals surface area contributed by atoms with Gasteiger partial charge in [-0.2, -0.15) is 0 Å².